The van der Waals surface area contributed by atoms with Gasteiger partial charge in [-0.3, -0.25) is 14.5 Å². The maximum Gasteiger partial charge on any atom is 0.238 e. The molecule has 276 valence electrons. The molecule has 0 radical (unpaired) electrons. The van der Waals surface area contributed by atoms with Crippen molar-refractivity contribution in [2.45, 2.75) is 91.1 Å². The van der Waals surface area contributed by atoms with Gasteiger partial charge in [0.2, 0.25) is 11.8 Å². The standard InChI is InChI=1S/C40H51ClN8O3/c1-4-35-33(36(45-30-11-17-52-18-12-30)32-21-44-49(5-2)37(32)46-35)25-48(39(51)40(13-14-40)38(42)50)24-28-9-10-34(41)31(20-28)29-8-6-7-27(19-29)23-47-16-15-43-26(3)22-47/h6-10,19-21,26,30,43H,4-5,11-18,22-25H2,1-3H3,(H2,42,50)(H,45,46)/t26-/m0/s1. The number of pyridine rings is 1. The lowest BCUT2D eigenvalue weighted by molar-refractivity contribution is -0.144. The van der Waals surface area contributed by atoms with E-state index in [-0.39, 0.29) is 25.0 Å². The second kappa shape index (κ2) is 15.5. The molecule has 1 aliphatic carbocycles. The molecule has 12 heteroatoms. The molecule has 4 N–H and O–H groups in total. The average molecular weight is 727 g/mol. The Labute approximate surface area is 311 Å². The monoisotopic (exact) mass is 726 g/mol. The van der Waals surface area contributed by atoms with E-state index in [9.17, 15) is 9.59 Å². The number of hydrogen-bond acceptors (Lipinski definition) is 8. The molecule has 52 heavy (non-hydrogen) atoms. The summed E-state index contributed by atoms with van der Waals surface area (Å²) in [6.45, 7) is 12.9. The molecule has 4 aromatic rings. The zero-order valence-electron chi connectivity index (χ0n) is 30.6. The summed E-state index contributed by atoms with van der Waals surface area (Å²) in [5.74, 6) is -0.809. The van der Waals surface area contributed by atoms with Gasteiger partial charge in [0.1, 0.15) is 5.41 Å². The summed E-state index contributed by atoms with van der Waals surface area (Å²) in [5.41, 5.74) is 12.4. The Bertz CT molecular complexity index is 1940. The smallest absolute Gasteiger partial charge is 0.238 e. The molecule has 7 rings (SSSR count). The van der Waals surface area contributed by atoms with Crippen molar-refractivity contribution in [3.63, 3.8) is 0 Å². The number of piperazine rings is 1. The maximum absolute atomic E-state index is 14.5. The molecule has 2 aromatic heterocycles. The molecule has 2 aromatic carbocycles. The number of rotatable bonds is 13. The van der Waals surface area contributed by atoms with Crippen molar-refractivity contribution in [1.29, 1.82) is 0 Å². The number of nitrogens with zero attached hydrogens (tertiary/aromatic N) is 5. The molecule has 1 atom stereocenters. The minimum absolute atomic E-state index is 0.210. The SMILES string of the molecule is CCc1nc2c(cnn2CC)c(NC2CCOCC2)c1CN(Cc1ccc(Cl)c(-c2cccc(CN3CCN[C@@H](C)C3)c2)c1)C(=O)C1(C(N)=O)CC1. The summed E-state index contributed by atoms with van der Waals surface area (Å²) >= 11 is 6.88. The summed E-state index contributed by atoms with van der Waals surface area (Å²) in [5, 5.41) is 13.6. The number of fused-ring (bicyclic) bond motifs is 1. The van der Waals surface area contributed by atoms with Gasteiger partial charge < -0.3 is 26.0 Å². The minimum Gasteiger partial charge on any atom is -0.381 e. The Kier molecular flexibility index (Phi) is 10.8. The molecule has 4 heterocycles. The lowest BCUT2D eigenvalue weighted by atomic mass is 9.98. The molecular weight excluding hydrogens is 676 g/mol. The molecule has 2 saturated heterocycles. The maximum atomic E-state index is 14.5. The first-order chi connectivity index (χ1) is 25.2. The van der Waals surface area contributed by atoms with Crippen molar-refractivity contribution in [3.8, 4) is 11.1 Å². The Hall–Kier alpha value is -4.03. The number of nitrogens with two attached hydrogens (primary N) is 1. The van der Waals surface area contributed by atoms with Crippen molar-refractivity contribution in [1.82, 2.24) is 29.9 Å². The number of amides is 2. The number of halogens is 1. The molecule has 2 aliphatic heterocycles. The van der Waals surface area contributed by atoms with Crippen LogP contribution >= 0.6 is 11.6 Å². The van der Waals surface area contributed by atoms with Gasteiger partial charge in [0.05, 0.1) is 17.3 Å². The van der Waals surface area contributed by atoms with Crippen LogP contribution < -0.4 is 16.4 Å². The lowest BCUT2D eigenvalue weighted by Crippen LogP contribution is -2.48. The molecule has 0 spiro atoms. The van der Waals surface area contributed by atoms with Crippen molar-refractivity contribution < 1.29 is 14.3 Å². The summed E-state index contributed by atoms with van der Waals surface area (Å²) < 4.78 is 7.58. The summed E-state index contributed by atoms with van der Waals surface area (Å²) in [7, 11) is 0. The van der Waals surface area contributed by atoms with Crippen molar-refractivity contribution in [2.75, 3.05) is 38.2 Å². The largest absolute Gasteiger partial charge is 0.381 e. The highest BCUT2D eigenvalue weighted by Crippen LogP contribution is 2.48. The molecule has 0 unspecified atom stereocenters. The fraction of sp³-hybridized carbons (Fsp3) is 0.500. The van der Waals surface area contributed by atoms with Crippen LogP contribution in [-0.2, 0) is 46.9 Å². The number of aromatic nitrogens is 3. The first-order valence-electron chi connectivity index (χ1n) is 18.8. The van der Waals surface area contributed by atoms with Crippen LogP contribution in [0.5, 0.6) is 0 Å². The fourth-order valence-corrected chi connectivity index (χ4v) is 8.05. The number of carbonyl (C=O) groups excluding carboxylic acids is 2. The first-order valence-corrected chi connectivity index (χ1v) is 19.2. The highest BCUT2D eigenvalue weighted by atomic mass is 35.5. The van der Waals surface area contributed by atoms with Crippen LogP contribution in [0.2, 0.25) is 5.02 Å². The third kappa shape index (κ3) is 7.55. The normalized spacial score (nSPS) is 19.1. The van der Waals surface area contributed by atoms with Gasteiger partial charge in [-0.15, -0.1) is 0 Å². The summed E-state index contributed by atoms with van der Waals surface area (Å²) in [4.78, 5) is 36.7. The van der Waals surface area contributed by atoms with Gasteiger partial charge in [0.25, 0.3) is 0 Å². The van der Waals surface area contributed by atoms with E-state index < -0.39 is 11.3 Å². The number of nitrogens with one attached hydrogen (secondary N) is 2. The van der Waals surface area contributed by atoms with E-state index in [1.165, 1.54) is 5.56 Å². The quantitative estimate of drug-likeness (QED) is 0.154. The van der Waals surface area contributed by atoms with Gasteiger partial charge in [0.15, 0.2) is 5.65 Å². The van der Waals surface area contributed by atoms with Gasteiger partial charge in [-0.05, 0) is 80.8 Å². The van der Waals surface area contributed by atoms with Gasteiger partial charge in [-0.2, -0.15) is 5.10 Å². The third-order valence-corrected chi connectivity index (χ3v) is 11.3. The van der Waals surface area contributed by atoms with Crippen LogP contribution in [0.1, 0.15) is 68.8 Å². The van der Waals surface area contributed by atoms with Crippen LogP contribution in [0.4, 0.5) is 5.69 Å². The van der Waals surface area contributed by atoms with E-state index in [0.717, 1.165) is 83.7 Å². The van der Waals surface area contributed by atoms with E-state index >= 15 is 0 Å². The Balaban J connectivity index is 1.24. The second-order valence-electron chi connectivity index (χ2n) is 14.7. The number of aryl methyl sites for hydroxylation is 2. The van der Waals surface area contributed by atoms with Gasteiger partial charge in [-0.25, -0.2) is 9.67 Å². The molecular formula is C40H51ClN8O3. The predicted molar refractivity (Wildman–Crippen MR) is 205 cm³/mol. The zero-order chi connectivity index (χ0) is 36.4. The Morgan fingerprint density at radius 3 is 2.63 bits per heavy atom. The fourth-order valence-electron chi connectivity index (χ4n) is 7.83. The zero-order valence-corrected chi connectivity index (χ0v) is 31.3. The van der Waals surface area contributed by atoms with Gasteiger partial charge in [-0.1, -0.05) is 42.8 Å². The van der Waals surface area contributed by atoms with Crippen LogP contribution in [0.15, 0.2) is 48.7 Å². The van der Waals surface area contributed by atoms with Crippen molar-refractivity contribution in [2.24, 2.45) is 11.1 Å². The van der Waals surface area contributed by atoms with E-state index in [4.69, 9.17) is 27.1 Å². The van der Waals surface area contributed by atoms with E-state index in [1.807, 2.05) is 23.0 Å². The number of anilines is 1. The lowest BCUT2D eigenvalue weighted by Gasteiger charge is -2.31. The van der Waals surface area contributed by atoms with Gasteiger partial charge >= 0.3 is 0 Å². The van der Waals surface area contributed by atoms with Crippen LogP contribution in [0.3, 0.4) is 0 Å². The molecule has 11 nitrogen and oxygen atoms in total. The second-order valence-corrected chi connectivity index (χ2v) is 15.1. The Morgan fingerprint density at radius 2 is 1.92 bits per heavy atom. The molecule has 0 bridgehead atoms. The van der Waals surface area contributed by atoms with E-state index in [2.05, 4.69) is 71.7 Å². The number of carbonyl (C=O) groups is 2. The summed E-state index contributed by atoms with van der Waals surface area (Å²) in [6.07, 6.45) is 5.20. The topological polar surface area (TPSA) is 131 Å². The Morgan fingerprint density at radius 1 is 1.12 bits per heavy atom. The number of ether oxygens (including phenoxy) is 1. The summed E-state index contributed by atoms with van der Waals surface area (Å²) in [6, 6.07) is 15.2. The van der Waals surface area contributed by atoms with Crippen molar-refractivity contribution in [3.05, 3.63) is 76.1 Å². The number of benzene rings is 2. The molecule has 2 amide bonds. The van der Waals surface area contributed by atoms with Crippen LogP contribution in [-0.4, -0.2) is 81.3 Å². The minimum atomic E-state index is -1.18. The highest BCUT2D eigenvalue weighted by Gasteiger charge is 2.57. The van der Waals surface area contributed by atoms with Gasteiger partial charge in [0, 0.05) is 93.0 Å². The highest BCUT2D eigenvalue weighted by molar-refractivity contribution is 6.33. The third-order valence-electron chi connectivity index (χ3n) is 10.9. The molecule has 1 saturated carbocycles. The van der Waals surface area contributed by atoms with E-state index in [1.54, 1.807) is 4.90 Å². The first kappa shape index (κ1) is 36.3. The molecule has 3 aliphatic rings. The predicted octanol–water partition coefficient (Wildman–Crippen LogP) is 5.51. The van der Waals surface area contributed by atoms with E-state index in [0.29, 0.717) is 50.1 Å². The number of primary amides is 1. The van der Waals surface area contributed by atoms with Crippen molar-refractivity contribution >= 4 is 40.1 Å². The van der Waals surface area contributed by atoms with Crippen LogP contribution in [0, 0.1) is 5.41 Å². The average Bonchev–Trinajstić information content (AvgIpc) is 3.87. The molecule has 3 fully saturated rings. The van der Waals surface area contributed by atoms with Crippen LogP contribution in [0.25, 0.3) is 22.2 Å². The number of hydrogen-bond donors (Lipinski definition) is 3.